The van der Waals surface area contributed by atoms with Crippen molar-refractivity contribution in [2.75, 3.05) is 23.7 Å². The standard InChI is InChI=1S/C23H20ClF3N6/c1-14-2-4-16(18(24)12-14)21-17(22-30-10-11-31-22)5-7-20(33-21)29-9-8-28-19-6-3-15(13-32-19)23(25,26)27/h2-7,10-13H,8-9H2,1H3,(H,28,32)(H,29,33)(H,30,31). The summed E-state index contributed by atoms with van der Waals surface area (Å²) in [5, 5.41) is 6.78. The summed E-state index contributed by atoms with van der Waals surface area (Å²) in [6, 6.07) is 11.8. The number of benzene rings is 1. The average molecular weight is 473 g/mol. The van der Waals surface area contributed by atoms with Crippen LogP contribution in [-0.2, 0) is 6.18 Å². The number of imidazole rings is 1. The highest BCUT2D eigenvalue weighted by molar-refractivity contribution is 6.33. The van der Waals surface area contributed by atoms with Crippen LogP contribution >= 0.6 is 11.6 Å². The van der Waals surface area contributed by atoms with Crippen molar-refractivity contribution in [3.8, 4) is 22.6 Å². The molecule has 170 valence electrons. The van der Waals surface area contributed by atoms with E-state index in [4.69, 9.17) is 16.6 Å². The molecular weight excluding hydrogens is 453 g/mol. The van der Waals surface area contributed by atoms with Gasteiger partial charge in [0.25, 0.3) is 0 Å². The van der Waals surface area contributed by atoms with Crippen molar-refractivity contribution in [1.29, 1.82) is 0 Å². The van der Waals surface area contributed by atoms with E-state index < -0.39 is 11.7 Å². The zero-order chi connectivity index (χ0) is 23.4. The number of nitrogens with zero attached hydrogens (tertiary/aromatic N) is 3. The molecule has 0 bridgehead atoms. The van der Waals surface area contributed by atoms with E-state index in [1.165, 1.54) is 6.07 Å². The smallest absolute Gasteiger partial charge is 0.368 e. The molecule has 0 fully saturated rings. The molecular formula is C23H20ClF3N6. The van der Waals surface area contributed by atoms with Crippen LogP contribution in [0.3, 0.4) is 0 Å². The third-order valence-corrected chi connectivity index (χ3v) is 5.17. The van der Waals surface area contributed by atoms with Crippen molar-refractivity contribution in [2.24, 2.45) is 0 Å². The van der Waals surface area contributed by atoms with Gasteiger partial charge in [-0.25, -0.2) is 15.0 Å². The molecule has 0 amide bonds. The first kappa shape index (κ1) is 22.6. The molecule has 3 N–H and O–H groups in total. The van der Waals surface area contributed by atoms with Crippen LogP contribution in [0.2, 0.25) is 5.02 Å². The minimum atomic E-state index is -4.40. The van der Waals surface area contributed by atoms with Crippen molar-refractivity contribution in [2.45, 2.75) is 13.1 Å². The highest BCUT2D eigenvalue weighted by Gasteiger charge is 2.30. The monoisotopic (exact) mass is 472 g/mol. The van der Waals surface area contributed by atoms with Gasteiger partial charge in [0.05, 0.1) is 16.3 Å². The Labute approximate surface area is 193 Å². The van der Waals surface area contributed by atoms with E-state index in [0.717, 1.165) is 29.0 Å². The van der Waals surface area contributed by atoms with Gasteiger partial charge in [-0.2, -0.15) is 13.2 Å². The zero-order valence-corrected chi connectivity index (χ0v) is 18.3. The van der Waals surface area contributed by atoms with Crippen LogP contribution < -0.4 is 10.6 Å². The Balaban J connectivity index is 1.47. The second-order valence-corrected chi connectivity index (χ2v) is 7.70. The van der Waals surface area contributed by atoms with Crippen LogP contribution in [0.5, 0.6) is 0 Å². The fourth-order valence-electron chi connectivity index (χ4n) is 3.23. The summed E-state index contributed by atoms with van der Waals surface area (Å²) < 4.78 is 37.9. The topological polar surface area (TPSA) is 78.5 Å². The maximum absolute atomic E-state index is 12.6. The molecule has 0 radical (unpaired) electrons. The molecule has 0 atom stereocenters. The van der Waals surface area contributed by atoms with Crippen molar-refractivity contribution >= 4 is 23.2 Å². The number of aromatic amines is 1. The summed E-state index contributed by atoms with van der Waals surface area (Å²) in [6.07, 6.45) is -0.188. The van der Waals surface area contributed by atoms with Gasteiger partial charge in [0.1, 0.15) is 17.5 Å². The molecule has 3 heterocycles. The molecule has 0 aliphatic rings. The predicted molar refractivity (Wildman–Crippen MR) is 123 cm³/mol. The van der Waals surface area contributed by atoms with Crippen molar-refractivity contribution in [3.63, 3.8) is 0 Å². The van der Waals surface area contributed by atoms with Gasteiger partial charge in [0.15, 0.2) is 0 Å². The molecule has 4 rings (SSSR count). The number of aromatic nitrogens is 4. The molecule has 3 aromatic heterocycles. The van der Waals surface area contributed by atoms with Gasteiger partial charge in [-0.15, -0.1) is 0 Å². The van der Waals surface area contributed by atoms with Gasteiger partial charge in [-0.05, 0) is 42.8 Å². The Morgan fingerprint density at radius 1 is 0.939 bits per heavy atom. The molecule has 0 saturated heterocycles. The average Bonchev–Trinajstić information content (AvgIpc) is 3.31. The lowest BCUT2D eigenvalue weighted by atomic mass is 10.0. The minimum absolute atomic E-state index is 0.359. The van der Waals surface area contributed by atoms with Crippen molar-refractivity contribution < 1.29 is 13.2 Å². The van der Waals surface area contributed by atoms with Crippen LogP contribution in [0, 0.1) is 6.92 Å². The summed E-state index contributed by atoms with van der Waals surface area (Å²) in [5.41, 5.74) is 2.53. The maximum Gasteiger partial charge on any atom is 0.417 e. The fourth-order valence-corrected chi connectivity index (χ4v) is 3.55. The third kappa shape index (κ3) is 5.43. The van der Waals surface area contributed by atoms with E-state index in [1.54, 1.807) is 12.4 Å². The highest BCUT2D eigenvalue weighted by atomic mass is 35.5. The fraction of sp³-hybridized carbons (Fsp3) is 0.174. The molecule has 10 heteroatoms. The minimum Gasteiger partial charge on any atom is -0.368 e. The molecule has 4 aromatic rings. The number of halogens is 4. The number of nitrogens with one attached hydrogen (secondary N) is 3. The van der Waals surface area contributed by atoms with E-state index in [-0.39, 0.29) is 0 Å². The molecule has 0 aliphatic heterocycles. The Hall–Kier alpha value is -3.59. The number of alkyl halides is 3. The Bertz CT molecular complexity index is 1220. The lowest BCUT2D eigenvalue weighted by Crippen LogP contribution is -2.15. The number of pyridine rings is 2. The Morgan fingerprint density at radius 3 is 2.30 bits per heavy atom. The Morgan fingerprint density at radius 2 is 1.67 bits per heavy atom. The van der Waals surface area contributed by atoms with Gasteiger partial charge in [-0.3, -0.25) is 0 Å². The van der Waals surface area contributed by atoms with Crippen LogP contribution in [0.15, 0.2) is 61.1 Å². The van der Waals surface area contributed by atoms with Crippen molar-refractivity contribution in [3.05, 3.63) is 77.2 Å². The summed E-state index contributed by atoms with van der Waals surface area (Å²) in [5.74, 6) is 1.66. The molecule has 0 spiro atoms. The number of H-pyrrole nitrogens is 1. The van der Waals surface area contributed by atoms with E-state index in [0.29, 0.717) is 41.3 Å². The number of hydrogen-bond acceptors (Lipinski definition) is 5. The van der Waals surface area contributed by atoms with Gasteiger partial charge < -0.3 is 15.6 Å². The van der Waals surface area contributed by atoms with Gasteiger partial charge in [0.2, 0.25) is 0 Å². The van der Waals surface area contributed by atoms with Crippen LogP contribution in [0.4, 0.5) is 24.8 Å². The zero-order valence-electron chi connectivity index (χ0n) is 17.5. The van der Waals surface area contributed by atoms with Crippen LogP contribution in [0.1, 0.15) is 11.1 Å². The third-order valence-electron chi connectivity index (χ3n) is 4.86. The number of aryl methyl sites for hydroxylation is 1. The maximum atomic E-state index is 12.6. The SMILES string of the molecule is Cc1ccc(-c2nc(NCCNc3ccc(C(F)(F)F)cn3)ccc2-c2ncc[nH]2)c(Cl)c1. The molecule has 0 unspecified atom stereocenters. The highest BCUT2D eigenvalue weighted by Crippen LogP contribution is 2.35. The first-order chi connectivity index (χ1) is 15.8. The lowest BCUT2D eigenvalue weighted by molar-refractivity contribution is -0.137. The predicted octanol–water partition coefficient (Wildman–Crippen LogP) is 6.04. The number of anilines is 2. The van der Waals surface area contributed by atoms with Gasteiger partial charge >= 0.3 is 6.18 Å². The number of rotatable bonds is 7. The Kier molecular flexibility index (Phi) is 6.50. The van der Waals surface area contributed by atoms with Gasteiger partial charge in [-0.1, -0.05) is 23.7 Å². The van der Waals surface area contributed by atoms with Crippen LogP contribution in [0.25, 0.3) is 22.6 Å². The summed E-state index contributed by atoms with van der Waals surface area (Å²) in [6.45, 7) is 2.87. The largest absolute Gasteiger partial charge is 0.417 e. The molecule has 0 aliphatic carbocycles. The van der Waals surface area contributed by atoms with E-state index >= 15 is 0 Å². The first-order valence-electron chi connectivity index (χ1n) is 10.1. The quantitative estimate of drug-likeness (QED) is 0.286. The number of hydrogen-bond donors (Lipinski definition) is 3. The molecule has 1 aromatic carbocycles. The summed E-state index contributed by atoms with van der Waals surface area (Å²) in [7, 11) is 0. The van der Waals surface area contributed by atoms with E-state index in [1.807, 2.05) is 37.3 Å². The second kappa shape index (κ2) is 9.50. The van der Waals surface area contributed by atoms with E-state index in [2.05, 4.69) is 25.6 Å². The normalized spacial score (nSPS) is 11.4. The van der Waals surface area contributed by atoms with E-state index in [9.17, 15) is 13.2 Å². The lowest BCUT2D eigenvalue weighted by Gasteiger charge is -2.13. The first-order valence-corrected chi connectivity index (χ1v) is 10.5. The molecule has 33 heavy (non-hydrogen) atoms. The second-order valence-electron chi connectivity index (χ2n) is 7.30. The van der Waals surface area contributed by atoms with Crippen molar-refractivity contribution in [1.82, 2.24) is 19.9 Å². The van der Waals surface area contributed by atoms with Gasteiger partial charge in [0, 0.05) is 42.8 Å². The summed E-state index contributed by atoms with van der Waals surface area (Å²) in [4.78, 5) is 16.0. The summed E-state index contributed by atoms with van der Waals surface area (Å²) >= 11 is 6.51. The molecule has 6 nitrogen and oxygen atoms in total. The molecule has 0 saturated carbocycles. The van der Waals surface area contributed by atoms with Crippen LogP contribution in [-0.4, -0.2) is 33.0 Å².